The van der Waals surface area contributed by atoms with E-state index in [4.69, 9.17) is 0 Å². The quantitative estimate of drug-likeness (QED) is 0.821. The van der Waals surface area contributed by atoms with Crippen LogP contribution in [-0.2, 0) is 10.0 Å². The number of para-hydroxylation sites is 1. The number of Topliss-reactive ketones (excluding diaryl/α,β-unsaturated/α-hetero) is 1. The third-order valence-electron chi connectivity index (χ3n) is 2.12. The fraction of sp³-hybridized carbons (Fsp3) is 0.417. The highest BCUT2D eigenvalue weighted by Crippen LogP contribution is 2.17. The van der Waals surface area contributed by atoms with Crippen LogP contribution in [-0.4, -0.2) is 20.0 Å². The van der Waals surface area contributed by atoms with Crippen molar-refractivity contribution in [2.24, 2.45) is 5.92 Å². The van der Waals surface area contributed by atoms with Crippen LogP contribution in [0.5, 0.6) is 0 Å². The average molecular weight is 255 g/mol. The maximum Gasteiger partial charge on any atom is 0.232 e. The van der Waals surface area contributed by atoms with Crippen molar-refractivity contribution in [1.82, 2.24) is 0 Å². The Kier molecular flexibility index (Phi) is 4.28. The number of ketones is 1. The second-order valence-electron chi connectivity index (χ2n) is 4.38. The van der Waals surface area contributed by atoms with Crippen LogP contribution in [0.2, 0.25) is 0 Å². The van der Waals surface area contributed by atoms with Crippen molar-refractivity contribution in [1.29, 1.82) is 0 Å². The summed E-state index contributed by atoms with van der Waals surface area (Å²) in [4.78, 5) is 11.3. The number of rotatable bonds is 5. The molecular weight excluding hydrogens is 238 g/mol. The van der Waals surface area contributed by atoms with Crippen LogP contribution in [0.25, 0.3) is 0 Å². The van der Waals surface area contributed by atoms with Gasteiger partial charge in [0.1, 0.15) is 0 Å². The van der Waals surface area contributed by atoms with Crippen LogP contribution in [0.15, 0.2) is 24.3 Å². The molecule has 17 heavy (non-hydrogen) atoms. The average Bonchev–Trinajstić information content (AvgIpc) is 2.14. The van der Waals surface area contributed by atoms with Crippen molar-refractivity contribution in [3.05, 3.63) is 29.8 Å². The lowest BCUT2D eigenvalue weighted by molar-refractivity contribution is 0.101. The lowest BCUT2D eigenvalue weighted by atomic mass is 10.1. The second kappa shape index (κ2) is 5.31. The Balaban J connectivity index is 3.00. The predicted octanol–water partition coefficient (Wildman–Crippen LogP) is 2.29. The molecule has 1 aromatic rings. The summed E-state index contributed by atoms with van der Waals surface area (Å²) in [5.41, 5.74) is 0.737. The smallest absolute Gasteiger partial charge is 0.232 e. The summed E-state index contributed by atoms with van der Waals surface area (Å²) in [6.07, 6.45) is 0. The lowest BCUT2D eigenvalue weighted by Gasteiger charge is -2.12. The highest BCUT2D eigenvalue weighted by molar-refractivity contribution is 7.92. The molecule has 0 bridgehead atoms. The highest BCUT2D eigenvalue weighted by Gasteiger charge is 2.15. The molecule has 0 aliphatic rings. The van der Waals surface area contributed by atoms with Crippen LogP contribution >= 0.6 is 0 Å². The normalized spacial score (nSPS) is 11.5. The largest absolute Gasteiger partial charge is 0.294 e. The summed E-state index contributed by atoms with van der Waals surface area (Å²) in [7, 11) is -3.39. The van der Waals surface area contributed by atoms with E-state index in [2.05, 4.69) is 4.72 Å². The van der Waals surface area contributed by atoms with E-state index < -0.39 is 10.0 Å². The summed E-state index contributed by atoms with van der Waals surface area (Å²) in [5.74, 6) is -0.0796. The van der Waals surface area contributed by atoms with Crippen LogP contribution in [0.1, 0.15) is 31.1 Å². The minimum Gasteiger partial charge on any atom is -0.294 e. The van der Waals surface area contributed by atoms with Crippen LogP contribution in [0.3, 0.4) is 0 Å². The molecule has 0 fully saturated rings. The zero-order valence-electron chi connectivity index (χ0n) is 10.2. The van der Waals surface area contributed by atoms with E-state index in [9.17, 15) is 13.2 Å². The summed E-state index contributed by atoms with van der Waals surface area (Å²) < 4.78 is 26.0. The highest BCUT2D eigenvalue weighted by atomic mass is 32.2. The maximum atomic E-state index is 11.8. The van der Waals surface area contributed by atoms with Gasteiger partial charge in [0.15, 0.2) is 5.78 Å². The maximum absolute atomic E-state index is 11.8. The van der Waals surface area contributed by atoms with Gasteiger partial charge >= 0.3 is 0 Å². The molecule has 5 heteroatoms. The number of anilines is 1. The summed E-state index contributed by atoms with van der Waals surface area (Å²) >= 11 is 0. The molecule has 0 saturated heterocycles. The van der Waals surface area contributed by atoms with E-state index in [1.165, 1.54) is 6.92 Å². The van der Waals surface area contributed by atoms with E-state index in [1.54, 1.807) is 24.3 Å². The molecule has 0 amide bonds. The van der Waals surface area contributed by atoms with E-state index in [1.807, 2.05) is 13.8 Å². The van der Waals surface area contributed by atoms with Crippen molar-refractivity contribution >= 4 is 21.5 Å². The van der Waals surface area contributed by atoms with E-state index in [0.717, 1.165) is 0 Å². The van der Waals surface area contributed by atoms with Crippen molar-refractivity contribution in [2.75, 3.05) is 10.5 Å². The predicted molar refractivity (Wildman–Crippen MR) is 68.7 cm³/mol. The van der Waals surface area contributed by atoms with Crippen LogP contribution in [0, 0.1) is 5.92 Å². The molecule has 0 spiro atoms. The first-order chi connectivity index (χ1) is 7.82. The SMILES string of the molecule is CC(=O)c1ccccc1NS(=O)(=O)CC(C)C. The van der Waals surface area contributed by atoms with Gasteiger partial charge in [-0.2, -0.15) is 0 Å². The fourth-order valence-electron chi connectivity index (χ4n) is 1.53. The van der Waals surface area contributed by atoms with E-state index in [0.29, 0.717) is 11.3 Å². The lowest BCUT2D eigenvalue weighted by Crippen LogP contribution is -2.21. The van der Waals surface area contributed by atoms with E-state index >= 15 is 0 Å². The Hall–Kier alpha value is -1.36. The van der Waals surface area contributed by atoms with Crippen molar-refractivity contribution in [2.45, 2.75) is 20.8 Å². The molecule has 0 atom stereocenters. The molecule has 0 saturated carbocycles. The Bertz CT molecular complexity index is 506. The van der Waals surface area contributed by atoms with Gasteiger partial charge in [0, 0.05) is 5.56 Å². The molecule has 0 aliphatic heterocycles. The first-order valence-corrected chi connectivity index (χ1v) is 7.07. The zero-order valence-corrected chi connectivity index (χ0v) is 11.0. The number of carbonyl (C=O) groups is 1. The monoisotopic (exact) mass is 255 g/mol. The minimum absolute atomic E-state index is 0.0389. The number of hydrogen-bond donors (Lipinski definition) is 1. The molecule has 0 unspecified atom stereocenters. The molecule has 94 valence electrons. The van der Waals surface area contributed by atoms with Gasteiger partial charge < -0.3 is 0 Å². The first kappa shape index (κ1) is 13.7. The topological polar surface area (TPSA) is 63.2 Å². The van der Waals surface area contributed by atoms with Crippen LogP contribution < -0.4 is 4.72 Å². The molecule has 0 heterocycles. The number of nitrogens with one attached hydrogen (secondary N) is 1. The Morgan fingerprint density at radius 2 is 1.88 bits per heavy atom. The number of hydrogen-bond acceptors (Lipinski definition) is 3. The molecule has 4 nitrogen and oxygen atoms in total. The van der Waals surface area contributed by atoms with Gasteiger partial charge in [-0.25, -0.2) is 8.42 Å². The molecule has 1 aromatic carbocycles. The summed E-state index contributed by atoms with van der Waals surface area (Å²) in [5, 5.41) is 0. The standard InChI is InChI=1S/C12H17NO3S/c1-9(2)8-17(15,16)13-12-7-5-4-6-11(12)10(3)14/h4-7,9,13H,8H2,1-3H3. The number of benzene rings is 1. The van der Waals surface area contributed by atoms with Gasteiger partial charge in [-0.15, -0.1) is 0 Å². The third-order valence-corrected chi connectivity index (χ3v) is 3.76. The molecular formula is C12H17NO3S. The second-order valence-corrected chi connectivity index (χ2v) is 6.15. The van der Waals surface area contributed by atoms with Gasteiger partial charge in [-0.3, -0.25) is 9.52 Å². The first-order valence-electron chi connectivity index (χ1n) is 5.42. The van der Waals surface area contributed by atoms with Gasteiger partial charge in [0.2, 0.25) is 10.0 Å². The molecule has 0 radical (unpaired) electrons. The zero-order chi connectivity index (χ0) is 13.1. The van der Waals surface area contributed by atoms with Gasteiger partial charge in [0.25, 0.3) is 0 Å². The van der Waals surface area contributed by atoms with Gasteiger partial charge in [0.05, 0.1) is 11.4 Å². The van der Waals surface area contributed by atoms with Gasteiger partial charge in [-0.1, -0.05) is 26.0 Å². The Morgan fingerprint density at radius 3 is 2.41 bits per heavy atom. The van der Waals surface area contributed by atoms with Gasteiger partial charge in [-0.05, 0) is 25.0 Å². The number of sulfonamides is 1. The Labute approximate surface area is 102 Å². The van der Waals surface area contributed by atoms with Crippen LogP contribution in [0.4, 0.5) is 5.69 Å². The molecule has 0 aromatic heterocycles. The van der Waals surface area contributed by atoms with Crippen molar-refractivity contribution in [3.8, 4) is 0 Å². The molecule has 1 N–H and O–H groups in total. The summed E-state index contributed by atoms with van der Waals surface area (Å²) in [6.45, 7) is 5.07. The number of carbonyl (C=O) groups excluding carboxylic acids is 1. The minimum atomic E-state index is -3.39. The molecule has 1 rings (SSSR count). The van der Waals surface area contributed by atoms with Crippen molar-refractivity contribution < 1.29 is 13.2 Å². The summed E-state index contributed by atoms with van der Waals surface area (Å²) in [6, 6.07) is 6.60. The Morgan fingerprint density at radius 1 is 1.29 bits per heavy atom. The van der Waals surface area contributed by atoms with E-state index in [-0.39, 0.29) is 17.5 Å². The third kappa shape index (κ3) is 4.19. The van der Waals surface area contributed by atoms with Crippen molar-refractivity contribution in [3.63, 3.8) is 0 Å². The fourth-order valence-corrected chi connectivity index (χ4v) is 3.00. The molecule has 0 aliphatic carbocycles.